The van der Waals surface area contributed by atoms with Gasteiger partial charge in [0.25, 0.3) is 27.9 Å². The lowest BCUT2D eigenvalue weighted by atomic mass is 10.1. The van der Waals surface area contributed by atoms with Crippen molar-refractivity contribution in [2.24, 2.45) is 0 Å². The van der Waals surface area contributed by atoms with Crippen LogP contribution in [0.3, 0.4) is 0 Å². The van der Waals surface area contributed by atoms with E-state index in [1.807, 2.05) is 0 Å². The summed E-state index contributed by atoms with van der Waals surface area (Å²) in [6.07, 6.45) is 2.18. The third kappa shape index (κ3) is 5.91. The van der Waals surface area contributed by atoms with E-state index in [1.54, 1.807) is 0 Å². The van der Waals surface area contributed by atoms with Crippen molar-refractivity contribution in [2.45, 2.75) is 45.1 Å². The molecule has 2 rings (SSSR count). The van der Waals surface area contributed by atoms with Crippen LogP contribution in [0.5, 0.6) is 0 Å². The summed E-state index contributed by atoms with van der Waals surface area (Å²) in [6, 6.07) is 11.6. The summed E-state index contributed by atoms with van der Waals surface area (Å²) in [5.41, 5.74) is 1.38. The van der Waals surface area contributed by atoms with Crippen LogP contribution in [0.25, 0.3) is 0 Å². The predicted octanol–water partition coefficient (Wildman–Crippen LogP) is 2.32. The van der Waals surface area contributed by atoms with E-state index in [0.717, 1.165) is 18.9 Å². The summed E-state index contributed by atoms with van der Waals surface area (Å²) >= 11 is 0. The molecule has 4 nitrogen and oxygen atoms in total. The molecule has 1 aliphatic rings. The maximum atomic E-state index is 6.28. The van der Waals surface area contributed by atoms with Gasteiger partial charge in [0.2, 0.25) is 0 Å². The third-order valence-corrected chi connectivity index (χ3v) is 17.6. The van der Waals surface area contributed by atoms with Crippen LogP contribution in [0.1, 0.15) is 12.0 Å². The molecule has 0 N–H and O–H groups in total. The molecule has 1 saturated heterocycles. The molecule has 118 valence electrons. The van der Waals surface area contributed by atoms with E-state index in [-0.39, 0.29) is 0 Å². The van der Waals surface area contributed by atoms with Gasteiger partial charge in [0.05, 0.1) is 0 Å². The van der Waals surface area contributed by atoms with Gasteiger partial charge < -0.3 is 16.5 Å². The minimum absolute atomic E-state index is 1.01. The second-order valence-electron chi connectivity index (χ2n) is 5.68. The molecule has 0 aliphatic carbocycles. The Morgan fingerprint density at radius 1 is 0.905 bits per heavy atom. The molecule has 0 radical (unpaired) electrons. The maximum absolute atomic E-state index is 6.28. The van der Waals surface area contributed by atoms with Crippen molar-refractivity contribution >= 4 is 36.4 Å². The normalized spacial score (nSPS) is 34.2. The highest BCUT2D eigenvalue weighted by Gasteiger charge is 2.38. The fourth-order valence-corrected chi connectivity index (χ4v) is 17.4. The van der Waals surface area contributed by atoms with Crippen molar-refractivity contribution < 1.29 is 16.5 Å². The van der Waals surface area contributed by atoms with Gasteiger partial charge >= 0.3 is 8.56 Å². The van der Waals surface area contributed by atoms with Gasteiger partial charge in [-0.3, -0.25) is 0 Å². The molecule has 8 heteroatoms. The first-order valence-corrected chi connectivity index (χ1v) is 16.5. The highest BCUT2D eigenvalue weighted by Crippen LogP contribution is 2.22. The van der Waals surface area contributed by atoms with Gasteiger partial charge in [0.1, 0.15) is 0 Å². The Morgan fingerprint density at radius 2 is 1.48 bits per heavy atom. The van der Waals surface area contributed by atoms with E-state index in [9.17, 15) is 0 Å². The minimum atomic E-state index is -2.13. The lowest BCUT2D eigenvalue weighted by molar-refractivity contribution is 0.273. The van der Waals surface area contributed by atoms with Gasteiger partial charge in [-0.05, 0) is 50.6 Å². The molecular weight excluding hydrogens is 332 g/mol. The van der Waals surface area contributed by atoms with Crippen LogP contribution in [-0.4, -0.2) is 36.4 Å². The first-order valence-electron chi connectivity index (χ1n) is 7.67. The Hall–Kier alpha value is -0.0725. The van der Waals surface area contributed by atoms with E-state index in [1.165, 1.54) is 5.56 Å². The van der Waals surface area contributed by atoms with Crippen LogP contribution < -0.4 is 0 Å². The van der Waals surface area contributed by atoms with Crippen molar-refractivity contribution in [1.29, 1.82) is 0 Å². The summed E-state index contributed by atoms with van der Waals surface area (Å²) < 4.78 is 24.4. The molecule has 0 bridgehead atoms. The average molecular weight is 359 g/mol. The van der Waals surface area contributed by atoms with Gasteiger partial charge in [0, 0.05) is 0 Å². The molecule has 21 heavy (non-hydrogen) atoms. The summed E-state index contributed by atoms with van der Waals surface area (Å²) in [7, 11) is -6.85. The monoisotopic (exact) mass is 358 g/mol. The average Bonchev–Trinajstić information content (AvgIpc) is 2.37. The van der Waals surface area contributed by atoms with E-state index >= 15 is 0 Å². The van der Waals surface area contributed by atoms with E-state index in [0.29, 0.717) is 0 Å². The first-order chi connectivity index (χ1) is 9.97. The highest BCUT2D eigenvalue weighted by atomic mass is 28.5. The van der Waals surface area contributed by atoms with Gasteiger partial charge in [-0.1, -0.05) is 30.3 Å². The molecule has 0 spiro atoms. The summed E-state index contributed by atoms with van der Waals surface area (Å²) in [5, 5.41) is 0. The van der Waals surface area contributed by atoms with Crippen molar-refractivity contribution in [1.82, 2.24) is 0 Å². The molecule has 1 aromatic rings. The lowest BCUT2D eigenvalue weighted by Crippen LogP contribution is -2.53. The smallest absolute Gasteiger partial charge is 0.317 e. The zero-order valence-corrected chi connectivity index (χ0v) is 17.8. The molecular formula is C13H26O4Si4. The van der Waals surface area contributed by atoms with E-state index < -0.39 is 36.4 Å². The Balaban J connectivity index is 1.89. The van der Waals surface area contributed by atoms with Gasteiger partial charge in [-0.15, -0.1) is 0 Å². The summed E-state index contributed by atoms with van der Waals surface area (Å²) in [4.78, 5) is 0. The van der Waals surface area contributed by atoms with Crippen LogP contribution >= 0.6 is 0 Å². The van der Waals surface area contributed by atoms with E-state index in [4.69, 9.17) is 16.5 Å². The van der Waals surface area contributed by atoms with Crippen molar-refractivity contribution in [3.8, 4) is 0 Å². The Bertz CT molecular complexity index is 419. The molecule has 0 aromatic heterocycles. The quantitative estimate of drug-likeness (QED) is 0.774. The highest BCUT2D eigenvalue weighted by molar-refractivity contribution is 6.81. The number of rotatable bonds is 4. The Labute approximate surface area is 134 Å². The van der Waals surface area contributed by atoms with Gasteiger partial charge in [0.15, 0.2) is 0 Å². The minimum Gasteiger partial charge on any atom is -0.420 e. The van der Waals surface area contributed by atoms with Gasteiger partial charge in [-0.25, -0.2) is 0 Å². The molecule has 1 aliphatic heterocycles. The second-order valence-corrected chi connectivity index (χ2v) is 15.9. The third-order valence-electron chi connectivity index (χ3n) is 3.54. The fraction of sp³-hybridized carbons (Fsp3) is 0.538. The maximum Gasteiger partial charge on any atom is 0.317 e. The van der Waals surface area contributed by atoms with E-state index in [2.05, 4.69) is 56.5 Å². The van der Waals surface area contributed by atoms with Gasteiger partial charge in [-0.2, -0.15) is 0 Å². The standard InChI is InChI=1S/C13H26O4Si4/c1-18-14-19(2)16-21(4,17-20(3)15-18)12-8-11-13-9-6-5-7-10-13/h5-7,9-10,18-20H,8,11-12H2,1-4H3. The number of hydrogen-bond acceptors (Lipinski definition) is 4. The molecule has 1 aromatic carbocycles. The molecule has 1 heterocycles. The first kappa shape index (κ1) is 17.3. The number of benzene rings is 1. The topological polar surface area (TPSA) is 36.9 Å². The second kappa shape index (κ2) is 7.97. The van der Waals surface area contributed by atoms with Crippen LogP contribution in [0.2, 0.25) is 32.2 Å². The molecule has 0 saturated carbocycles. The fourth-order valence-electron chi connectivity index (χ4n) is 2.73. The zero-order chi connectivity index (χ0) is 15.3. The Kier molecular flexibility index (Phi) is 6.56. The number of aryl methyl sites for hydroxylation is 1. The van der Waals surface area contributed by atoms with Crippen LogP contribution in [0.4, 0.5) is 0 Å². The van der Waals surface area contributed by atoms with Crippen molar-refractivity contribution in [3.05, 3.63) is 35.9 Å². The molecule has 1 fully saturated rings. The number of hydrogen-bond donors (Lipinski definition) is 0. The molecule has 2 atom stereocenters. The van der Waals surface area contributed by atoms with Crippen LogP contribution in [0, 0.1) is 0 Å². The van der Waals surface area contributed by atoms with Crippen LogP contribution in [-0.2, 0) is 22.9 Å². The largest absolute Gasteiger partial charge is 0.420 e. The molecule has 2 unspecified atom stereocenters. The van der Waals surface area contributed by atoms with Crippen molar-refractivity contribution in [2.75, 3.05) is 0 Å². The molecule has 0 amide bonds. The lowest BCUT2D eigenvalue weighted by Gasteiger charge is -2.37. The van der Waals surface area contributed by atoms with Crippen molar-refractivity contribution in [3.63, 3.8) is 0 Å². The summed E-state index contributed by atoms with van der Waals surface area (Å²) in [6.45, 7) is 8.43. The summed E-state index contributed by atoms with van der Waals surface area (Å²) in [5.74, 6) is 0. The van der Waals surface area contributed by atoms with Crippen LogP contribution in [0.15, 0.2) is 30.3 Å². The predicted molar refractivity (Wildman–Crippen MR) is 94.6 cm³/mol. The SMILES string of the molecule is C[SiH]1O[SiH](C)O[Si](C)(CCCc2ccccc2)O[SiH](C)O1. The Morgan fingerprint density at radius 3 is 2.05 bits per heavy atom. The zero-order valence-electron chi connectivity index (χ0n) is 13.4.